The Morgan fingerprint density at radius 2 is 2.11 bits per heavy atom. The van der Waals surface area contributed by atoms with E-state index in [9.17, 15) is 5.11 Å². The molecule has 4 nitrogen and oxygen atoms in total. The van der Waals surface area contributed by atoms with E-state index in [4.69, 9.17) is 9.47 Å². The summed E-state index contributed by atoms with van der Waals surface area (Å²) in [6.45, 7) is 1.95. The van der Waals surface area contributed by atoms with Gasteiger partial charge in [-0.15, -0.1) is 0 Å². The van der Waals surface area contributed by atoms with Crippen LogP contribution < -0.4 is 9.47 Å². The smallest absolute Gasteiger partial charge is 0.123 e. The van der Waals surface area contributed by atoms with E-state index in [2.05, 4.69) is 11.9 Å². The van der Waals surface area contributed by atoms with Crippen LogP contribution >= 0.6 is 0 Å². The van der Waals surface area contributed by atoms with Crippen molar-refractivity contribution in [1.29, 1.82) is 0 Å². The second-order valence-electron chi connectivity index (χ2n) is 4.99. The summed E-state index contributed by atoms with van der Waals surface area (Å²) in [7, 11) is 5.39. The average Bonchev–Trinajstić information content (AvgIpc) is 2.80. The van der Waals surface area contributed by atoms with Gasteiger partial charge in [0.1, 0.15) is 11.5 Å². The highest BCUT2D eigenvalue weighted by Crippen LogP contribution is 2.40. The highest BCUT2D eigenvalue weighted by Gasteiger charge is 2.40. The second kappa shape index (κ2) is 5.16. The lowest BCUT2D eigenvalue weighted by Gasteiger charge is -2.29. The van der Waals surface area contributed by atoms with Crippen LogP contribution in [0.1, 0.15) is 12.0 Å². The summed E-state index contributed by atoms with van der Waals surface area (Å²) < 4.78 is 10.7. The van der Waals surface area contributed by atoms with Crippen molar-refractivity contribution in [3.8, 4) is 11.5 Å². The van der Waals surface area contributed by atoms with E-state index in [1.807, 2.05) is 18.2 Å². The standard InChI is InChI=1S/C14H21NO3/c1-15-7-6-14(9-15,10-16)12-8-11(17-2)4-5-13(12)18-3/h4-5,8,16H,6-7,9-10H2,1-3H3. The first-order valence-electron chi connectivity index (χ1n) is 6.17. The molecule has 0 bridgehead atoms. The molecule has 4 heteroatoms. The summed E-state index contributed by atoms with van der Waals surface area (Å²) in [5, 5.41) is 9.85. The first-order valence-corrected chi connectivity index (χ1v) is 6.17. The van der Waals surface area contributed by atoms with Crippen molar-refractivity contribution in [1.82, 2.24) is 4.90 Å². The Hall–Kier alpha value is -1.26. The fraction of sp³-hybridized carbons (Fsp3) is 0.571. The minimum absolute atomic E-state index is 0.126. The molecular weight excluding hydrogens is 230 g/mol. The van der Waals surface area contributed by atoms with Gasteiger partial charge in [0, 0.05) is 17.5 Å². The minimum Gasteiger partial charge on any atom is -0.497 e. The van der Waals surface area contributed by atoms with Gasteiger partial charge in [0.25, 0.3) is 0 Å². The zero-order chi connectivity index (χ0) is 13.2. The Morgan fingerprint density at radius 3 is 2.61 bits per heavy atom. The zero-order valence-electron chi connectivity index (χ0n) is 11.3. The van der Waals surface area contributed by atoms with Crippen LogP contribution in [0.2, 0.25) is 0 Å². The Bertz CT molecular complexity index is 422. The number of likely N-dealkylation sites (tertiary alicyclic amines) is 1. The molecule has 0 amide bonds. The number of methoxy groups -OCH3 is 2. The van der Waals surface area contributed by atoms with Gasteiger partial charge >= 0.3 is 0 Å². The van der Waals surface area contributed by atoms with Crippen LogP contribution in [0.25, 0.3) is 0 Å². The fourth-order valence-corrected chi connectivity index (χ4v) is 2.74. The number of aliphatic hydroxyl groups is 1. The number of rotatable bonds is 4. The van der Waals surface area contributed by atoms with Crippen LogP contribution in [0, 0.1) is 0 Å². The van der Waals surface area contributed by atoms with E-state index in [-0.39, 0.29) is 12.0 Å². The maximum atomic E-state index is 9.85. The van der Waals surface area contributed by atoms with Crippen molar-refractivity contribution in [2.75, 3.05) is 41.0 Å². The number of hydrogen-bond acceptors (Lipinski definition) is 4. The number of likely N-dealkylation sites (N-methyl/N-ethyl adjacent to an activating group) is 1. The Labute approximate surface area is 108 Å². The summed E-state index contributed by atoms with van der Waals surface area (Å²) in [6, 6.07) is 5.77. The molecule has 1 aliphatic rings. The molecule has 0 aliphatic carbocycles. The fourth-order valence-electron chi connectivity index (χ4n) is 2.74. The lowest BCUT2D eigenvalue weighted by Crippen LogP contribution is -2.34. The largest absolute Gasteiger partial charge is 0.497 e. The third-order valence-corrected chi connectivity index (χ3v) is 3.83. The topological polar surface area (TPSA) is 41.9 Å². The number of aliphatic hydroxyl groups excluding tert-OH is 1. The zero-order valence-corrected chi connectivity index (χ0v) is 11.3. The van der Waals surface area contributed by atoms with Gasteiger partial charge in [-0.3, -0.25) is 0 Å². The molecule has 1 aliphatic heterocycles. The summed E-state index contributed by atoms with van der Waals surface area (Å²) in [4.78, 5) is 2.23. The highest BCUT2D eigenvalue weighted by molar-refractivity contribution is 5.46. The predicted molar refractivity (Wildman–Crippen MR) is 70.4 cm³/mol. The molecule has 1 aromatic rings. The molecule has 100 valence electrons. The van der Waals surface area contributed by atoms with Crippen molar-refractivity contribution in [2.45, 2.75) is 11.8 Å². The van der Waals surface area contributed by atoms with E-state index >= 15 is 0 Å². The monoisotopic (exact) mass is 251 g/mol. The molecule has 0 spiro atoms. The molecule has 1 unspecified atom stereocenters. The van der Waals surface area contributed by atoms with Crippen LogP contribution in [-0.2, 0) is 5.41 Å². The molecule has 1 fully saturated rings. The number of nitrogens with zero attached hydrogens (tertiary/aromatic N) is 1. The summed E-state index contributed by atoms with van der Waals surface area (Å²) in [5.41, 5.74) is 0.797. The van der Waals surface area contributed by atoms with Crippen molar-refractivity contribution >= 4 is 0 Å². The van der Waals surface area contributed by atoms with Gasteiger partial charge in [0.15, 0.2) is 0 Å². The molecule has 1 saturated heterocycles. The van der Waals surface area contributed by atoms with E-state index in [0.29, 0.717) is 0 Å². The molecule has 1 heterocycles. The molecule has 1 aromatic carbocycles. The Morgan fingerprint density at radius 1 is 1.33 bits per heavy atom. The summed E-state index contributed by atoms with van der Waals surface area (Å²) in [5.74, 6) is 1.62. The minimum atomic E-state index is -0.241. The van der Waals surface area contributed by atoms with Crippen LogP contribution in [0.4, 0.5) is 0 Å². The van der Waals surface area contributed by atoms with Gasteiger partial charge in [-0.1, -0.05) is 0 Å². The van der Waals surface area contributed by atoms with Crippen molar-refractivity contribution in [3.05, 3.63) is 23.8 Å². The van der Waals surface area contributed by atoms with Gasteiger partial charge in [0.05, 0.1) is 20.8 Å². The lowest BCUT2D eigenvalue weighted by molar-refractivity contribution is 0.191. The third-order valence-electron chi connectivity index (χ3n) is 3.83. The summed E-state index contributed by atoms with van der Waals surface area (Å²) >= 11 is 0. The van der Waals surface area contributed by atoms with E-state index in [1.165, 1.54) is 0 Å². The van der Waals surface area contributed by atoms with Crippen LogP contribution in [-0.4, -0.2) is 51.0 Å². The van der Waals surface area contributed by atoms with Gasteiger partial charge in [-0.25, -0.2) is 0 Å². The molecular formula is C14H21NO3. The maximum Gasteiger partial charge on any atom is 0.123 e. The third kappa shape index (κ3) is 2.18. The first kappa shape index (κ1) is 13.2. The van der Waals surface area contributed by atoms with E-state index < -0.39 is 0 Å². The van der Waals surface area contributed by atoms with Crippen molar-refractivity contribution < 1.29 is 14.6 Å². The van der Waals surface area contributed by atoms with Crippen molar-refractivity contribution in [3.63, 3.8) is 0 Å². The molecule has 1 N–H and O–H groups in total. The maximum absolute atomic E-state index is 9.85. The van der Waals surface area contributed by atoms with E-state index in [0.717, 1.165) is 36.6 Å². The van der Waals surface area contributed by atoms with Gasteiger partial charge in [-0.2, -0.15) is 0 Å². The van der Waals surface area contributed by atoms with Crippen LogP contribution in [0.3, 0.4) is 0 Å². The molecule has 18 heavy (non-hydrogen) atoms. The molecule has 2 rings (SSSR count). The normalized spacial score (nSPS) is 24.2. The second-order valence-corrected chi connectivity index (χ2v) is 4.99. The van der Waals surface area contributed by atoms with Gasteiger partial charge < -0.3 is 19.5 Å². The number of ether oxygens (including phenoxy) is 2. The molecule has 0 radical (unpaired) electrons. The van der Waals surface area contributed by atoms with E-state index in [1.54, 1.807) is 14.2 Å². The quantitative estimate of drug-likeness (QED) is 0.875. The van der Waals surface area contributed by atoms with Crippen LogP contribution in [0.15, 0.2) is 18.2 Å². The highest BCUT2D eigenvalue weighted by atomic mass is 16.5. The van der Waals surface area contributed by atoms with Crippen LogP contribution in [0.5, 0.6) is 11.5 Å². The summed E-state index contributed by atoms with van der Waals surface area (Å²) in [6.07, 6.45) is 0.934. The predicted octanol–water partition coefficient (Wildman–Crippen LogP) is 1.27. The average molecular weight is 251 g/mol. The first-order chi connectivity index (χ1) is 8.65. The van der Waals surface area contributed by atoms with Gasteiger partial charge in [-0.05, 0) is 38.2 Å². The molecule has 0 saturated carbocycles. The molecule has 0 aromatic heterocycles. The number of hydrogen-bond donors (Lipinski definition) is 1. The molecule has 1 atom stereocenters. The number of benzene rings is 1. The Balaban J connectivity index is 2.46. The SMILES string of the molecule is COc1ccc(OC)c(C2(CO)CCN(C)C2)c1. The Kier molecular flexibility index (Phi) is 3.78. The van der Waals surface area contributed by atoms with Crippen molar-refractivity contribution in [2.24, 2.45) is 0 Å². The lowest BCUT2D eigenvalue weighted by atomic mass is 9.80. The van der Waals surface area contributed by atoms with Gasteiger partial charge in [0.2, 0.25) is 0 Å².